The lowest BCUT2D eigenvalue weighted by molar-refractivity contribution is 0.0526. The Morgan fingerprint density at radius 1 is 1.17 bits per heavy atom. The van der Waals surface area contributed by atoms with E-state index < -0.39 is 0 Å². The number of anilines is 1. The highest BCUT2D eigenvalue weighted by Gasteiger charge is 2.33. The molecule has 2 saturated heterocycles. The number of fused-ring (bicyclic) bond motifs is 2. The Morgan fingerprint density at radius 3 is 2.43 bits per heavy atom. The summed E-state index contributed by atoms with van der Waals surface area (Å²) in [6, 6.07) is 7.84. The Labute approximate surface area is 136 Å². The van der Waals surface area contributed by atoms with Crippen molar-refractivity contribution in [1.29, 1.82) is 0 Å². The smallest absolute Gasteiger partial charge is 0.338 e. The molecule has 2 amide bonds. The molecule has 2 heterocycles. The Morgan fingerprint density at radius 2 is 1.83 bits per heavy atom. The molecule has 2 aliphatic heterocycles. The molecule has 6 heteroatoms. The van der Waals surface area contributed by atoms with Crippen LogP contribution in [0.3, 0.4) is 0 Å². The van der Waals surface area contributed by atoms with Gasteiger partial charge in [-0.25, -0.2) is 9.59 Å². The van der Waals surface area contributed by atoms with Crippen molar-refractivity contribution in [2.45, 2.75) is 50.7 Å². The van der Waals surface area contributed by atoms with Gasteiger partial charge in [0.05, 0.1) is 12.2 Å². The molecule has 23 heavy (non-hydrogen) atoms. The number of nitrogens with one attached hydrogen (secondary N) is 3. The van der Waals surface area contributed by atoms with Gasteiger partial charge in [0, 0.05) is 23.8 Å². The average molecular weight is 317 g/mol. The maximum Gasteiger partial charge on any atom is 0.338 e. The number of hydrogen-bond acceptors (Lipinski definition) is 4. The minimum absolute atomic E-state index is 0.194. The van der Waals surface area contributed by atoms with Gasteiger partial charge in [-0.3, -0.25) is 0 Å². The van der Waals surface area contributed by atoms with E-state index in [0.29, 0.717) is 29.9 Å². The number of carbonyl (C=O) groups is 2. The fourth-order valence-electron chi connectivity index (χ4n) is 3.43. The number of rotatable bonds is 4. The SMILES string of the molecule is CCOC(=O)c1ccc(NC(=O)NC2C[C@H]3CC[C@@H](C2)N3)cc1. The first-order valence-corrected chi connectivity index (χ1v) is 8.25. The summed E-state index contributed by atoms with van der Waals surface area (Å²) in [5.41, 5.74) is 1.14. The van der Waals surface area contributed by atoms with Gasteiger partial charge in [0.1, 0.15) is 0 Å². The van der Waals surface area contributed by atoms with Gasteiger partial charge in [0.15, 0.2) is 0 Å². The first-order chi connectivity index (χ1) is 11.1. The fraction of sp³-hybridized carbons (Fsp3) is 0.529. The minimum atomic E-state index is -0.353. The number of hydrogen-bond donors (Lipinski definition) is 3. The van der Waals surface area contributed by atoms with Crippen molar-refractivity contribution in [2.75, 3.05) is 11.9 Å². The molecule has 0 saturated carbocycles. The van der Waals surface area contributed by atoms with Gasteiger partial charge in [0.2, 0.25) is 0 Å². The molecule has 124 valence electrons. The highest BCUT2D eigenvalue weighted by Crippen LogP contribution is 2.26. The number of ether oxygens (including phenoxy) is 1. The lowest BCUT2D eigenvalue weighted by Crippen LogP contribution is -2.49. The monoisotopic (exact) mass is 317 g/mol. The van der Waals surface area contributed by atoms with E-state index in [4.69, 9.17) is 4.74 Å². The summed E-state index contributed by atoms with van der Waals surface area (Å²) >= 11 is 0. The van der Waals surface area contributed by atoms with Gasteiger partial charge in [-0.2, -0.15) is 0 Å². The van der Waals surface area contributed by atoms with Crippen LogP contribution in [0, 0.1) is 0 Å². The molecule has 2 aliphatic rings. The standard InChI is InChI=1S/C17H23N3O3/c1-2-23-16(21)11-3-5-12(6-4-11)19-17(22)20-15-9-13-7-8-14(10-15)18-13/h3-6,13-15,18H,2,7-10H2,1H3,(H2,19,20,22)/t13-,14+,15?. The molecule has 2 bridgehead atoms. The maximum atomic E-state index is 12.1. The summed E-state index contributed by atoms with van der Waals surface area (Å²) in [6.07, 6.45) is 4.40. The predicted octanol–water partition coefficient (Wildman–Crippen LogP) is 2.27. The van der Waals surface area contributed by atoms with Gasteiger partial charge < -0.3 is 20.7 Å². The van der Waals surface area contributed by atoms with Crippen LogP contribution in [0.15, 0.2) is 24.3 Å². The number of amides is 2. The van der Waals surface area contributed by atoms with Crippen molar-refractivity contribution < 1.29 is 14.3 Å². The normalized spacial score (nSPS) is 25.7. The first kappa shape index (κ1) is 15.8. The van der Waals surface area contributed by atoms with E-state index in [1.165, 1.54) is 12.8 Å². The van der Waals surface area contributed by atoms with Crippen molar-refractivity contribution >= 4 is 17.7 Å². The van der Waals surface area contributed by atoms with Crippen LogP contribution in [-0.2, 0) is 4.74 Å². The summed E-state index contributed by atoms with van der Waals surface area (Å²) in [5.74, 6) is -0.353. The van der Waals surface area contributed by atoms with Gasteiger partial charge in [-0.1, -0.05) is 0 Å². The summed E-state index contributed by atoms with van der Waals surface area (Å²) < 4.78 is 4.93. The van der Waals surface area contributed by atoms with Crippen LogP contribution in [0.25, 0.3) is 0 Å². The third-order valence-electron chi connectivity index (χ3n) is 4.46. The van der Waals surface area contributed by atoms with E-state index in [-0.39, 0.29) is 18.0 Å². The average Bonchev–Trinajstić information content (AvgIpc) is 2.87. The zero-order valence-corrected chi connectivity index (χ0v) is 13.3. The third-order valence-corrected chi connectivity index (χ3v) is 4.46. The molecule has 0 aliphatic carbocycles. The minimum Gasteiger partial charge on any atom is -0.462 e. The molecule has 0 radical (unpaired) electrons. The molecule has 3 rings (SSSR count). The van der Waals surface area contributed by atoms with Crippen molar-refractivity contribution in [3.8, 4) is 0 Å². The lowest BCUT2D eigenvalue weighted by Gasteiger charge is -2.29. The Bertz CT molecular complexity index is 561. The predicted molar refractivity (Wildman–Crippen MR) is 87.5 cm³/mol. The van der Waals surface area contributed by atoms with E-state index in [1.54, 1.807) is 31.2 Å². The molecule has 1 aromatic carbocycles. The van der Waals surface area contributed by atoms with E-state index in [0.717, 1.165) is 12.8 Å². The first-order valence-electron chi connectivity index (χ1n) is 8.25. The van der Waals surface area contributed by atoms with E-state index in [2.05, 4.69) is 16.0 Å². The topological polar surface area (TPSA) is 79.5 Å². The fourth-order valence-corrected chi connectivity index (χ4v) is 3.43. The van der Waals surface area contributed by atoms with E-state index in [1.807, 2.05) is 0 Å². The molecule has 2 fully saturated rings. The second-order valence-corrected chi connectivity index (χ2v) is 6.20. The van der Waals surface area contributed by atoms with Crippen LogP contribution >= 0.6 is 0 Å². The maximum absolute atomic E-state index is 12.1. The Hall–Kier alpha value is -2.08. The Balaban J connectivity index is 1.50. The molecule has 0 aromatic heterocycles. The van der Waals surface area contributed by atoms with Crippen molar-refractivity contribution in [1.82, 2.24) is 10.6 Å². The largest absolute Gasteiger partial charge is 0.462 e. The van der Waals surface area contributed by atoms with Crippen molar-refractivity contribution in [2.24, 2.45) is 0 Å². The van der Waals surface area contributed by atoms with Gasteiger partial charge >= 0.3 is 12.0 Å². The Kier molecular flexibility index (Phi) is 4.81. The van der Waals surface area contributed by atoms with Crippen molar-refractivity contribution in [3.63, 3.8) is 0 Å². The van der Waals surface area contributed by atoms with E-state index >= 15 is 0 Å². The molecule has 0 spiro atoms. The van der Waals surface area contributed by atoms with Crippen LogP contribution in [-0.4, -0.2) is 36.7 Å². The van der Waals surface area contributed by atoms with Crippen LogP contribution in [0.1, 0.15) is 43.0 Å². The highest BCUT2D eigenvalue weighted by atomic mass is 16.5. The van der Waals surface area contributed by atoms with Gasteiger partial charge in [-0.15, -0.1) is 0 Å². The molecule has 1 unspecified atom stereocenters. The summed E-state index contributed by atoms with van der Waals surface area (Å²) in [6.45, 7) is 2.12. The van der Waals surface area contributed by atoms with Crippen LogP contribution in [0.4, 0.5) is 10.5 Å². The second-order valence-electron chi connectivity index (χ2n) is 6.20. The van der Waals surface area contributed by atoms with Crippen LogP contribution < -0.4 is 16.0 Å². The molecule has 3 atom stereocenters. The summed E-state index contributed by atoms with van der Waals surface area (Å²) in [4.78, 5) is 23.7. The number of piperidine rings is 1. The zero-order valence-electron chi connectivity index (χ0n) is 13.3. The van der Waals surface area contributed by atoms with Crippen LogP contribution in [0.2, 0.25) is 0 Å². The number of urea groups is 1. The molecule has 3 N–H and O–H groups in total. The molecule has 1 aromatic rings. The van der Waals surface area contributed by atoms with Crippen LogP contribution in [0.5, 0.6) is 0 Å². The second kappa shape index (κ2) is 7.00. The quantitative estimate of drug-likeness (QED) is 0.744. The van der Waals surface area contributed by atoms with Gasteiger partial charge in [-0.05, 0) is 56.9 Å². The number of benzene rings is 1. The molecule has 6 nitrogen and oxygen atoms in total. The zero-order chi connectivity index (χ0) is 16.2. The van der Waals surface area contributed by atoms with Gasteiger partial charge in [0.25, 0.3) is 0 Å². The highest BCUT2D eigenvalue weighted by molar-refractivity contribution is 5.92. The lowest BCUT2D eigenvalue weighted by atomic mass is 10.0. The van der Waals surface area contributed by atoms with E-state index in [9.17, 15) is 9.59 Å². The van der Waals surface area contributed by atoms with Crippen molar-refractivity contribution in [3.05, 3.63) is 29.8 Å². The molecular weight excluding hydrogens is 294 g/mol. The number of esters is 1. The number of carbonyl (C=O) groups excluding carboxylic acids is 2. The third kappa shape index (κ3) is 4.01. The summed E-state index contributed by atoms with van der Waals surface area (Å²) in [7, 11) is 0. The molecular formula is C17H23N3O3. The summed E-state index contributed by atoms with van der Waals surface area (Å²) in [5, 5.41) is 9.41.